The lowest BCUT2D eigenvalue weighted by atomic mass is 10.1. The maximum Gasteiger partial charge on any atom is 0.161 e. The molecule has 2 aliphatic rings. The Hall–Kier alpha value is -1.41. The molecule has 1 atom stereocenters. The van der Waals surface area contributed by atoms with Crippen LogP contribution in [0, 0.1) is 5.41 Å². The van der Waals surface area contributed by atoms with Gasteiger partial charge < -0.3 is 10.2 Å². The Morgan fingerprint density at radius 3 is 2.89 bits per heavy atom. The molecule has 0 radical (unpaired) electrons. The summed E-state index contributed by atoms with van der Waals surface area (Å²) in [6.07, 6.45) is 1.10. The van der Waals surface area contributed by atoms with E-state index in [0.717, 1.165) is 51.2 Å². The van der Waals surface area contributed by atoms with Crippen molar-refractivity contribution in [2.24, 2.45) is 0 Å². The zero-order valence-corrected chi connectivity index (χ0v) is 17.6. The summed E-state index contributed by atoms with van der Waals surface area (Å²) in [6.45, 7) is 10.3. The van der Waals surface area contributed by atoms with Crippen LogP contribution in [-0.4, -0.2) is 59.2 Å². The number of nitrogens with one attached hydrogen (secondary N) is 2. The minimum Gasteiger partial charge on any atom is -0.349 e. The minimum absolute atomic E-state index is 0.382. The van der Waals surface area contributed by atoms with Crippen molar-refractivity contribution in [3.63, 3.8) is 0 Å². The summed E-state index contributed by atoms with van der Waals surface area (Å²) in [5.74, 6) is 0. The first-order valence-electron chi connectivity index (χ1n) is 9.59. The molecule has 27 heavy (non-hydrogen) atoms. The summed E-state index contributed by atoms with van der Waals surface area (Å²) in [7, 11) is 0. The Kier molecular flexibility index (Phi) is 5.82. The van der Waals surface area contributed by atoms with Gasteiger partial charge in [0.2, 0.25) is 0 Å². The van der Waals surface area contributed by atoms with Crippen molar-refractivity contribution < 1.29 is 0 Å². The van der Waals surface area contributed by atoms with Crippen molar-refractivity contribution in [1.29, 1.82) is 5.41 Å². The molecule has 0 bridgehead atoms. The number of rotatable bonds is 3. The van der Waals surface area contributed by atoms with Crippen LogP contribution in [0.25, 0.3) is 10.2 Å². The SMILES string of the molecule is CC1=C(SC(=N)N2CCN(C(C)c3ccc4scnc4c3)CC2)CNCC1. The predicted octanol–water partition coefficient (Wildman–Crippen LogP) is 3.91. The largest absolute Gasteiger partial charge is 0.349 e. The van der Waals surface area contributed by atoms with Crippen LogP contribution in [0.2, 0.25) is 0 Å². The number of hydrogen-bond donors (Lipinski definition) is 2. The topological polar surface area (TPSA) is 55.3 Å². The summed E-state index contributed by atoms with van der Waals surface area (Å²) >= 11 is 3.34. The van der Waals surface area contributed by atoms with E-state index in [4.69, 9.17) is 5.41 Å². The first-order chi connectivity index (χ1) is 13.1. The number of thiazole rings is 1. The third-order valence-electron chi connectivity index (χ3n) is 5.64. The van der Waals surface area contributed by atoms with E-state index < -0.39 is 0 Å². The van der Waals surface area contributed by atoms with Gasteiger partial charge in [-0.25, -0.2) is 4.98 Å². The van der Waals surface area contributed by atoms with Gasteiger partial charge in [-0.3, -0.25) is 10.3 Å². The first-order valence-corrected chi connectivity index (χ1v) is 11.3. The molecule has 1 saturated heterocycles. The highest BCUT2D eigenvalue weighted by atomic mass is 32.2. The lowest BCUT2D eigenvalue weighted by Crippen LogP contribution is -2.48. The molecule has 2 N–H and O–H groups in total. The van der Waals surface area contributed by atoms with Crippen LogP contribution >= 0.6 is 23.1 Å². The molecule has 144 valence electrons. The van der Waals surface area contributed by atoms with E-state index in [9.17, 15) is 0 Å². The zero-order chi connectivity index (χ0) is 18.8. The van der Waals surface area contributed by atoms with Crippen LogP contribution in [0.1, 0.15) is 31.9 Å². The Labute approximate surface area is 169 Å². The number of fused-ring (bicyclic) bond motifs is 1. The molecule has 2 aliphatic heterocycles. The smallest absolute Gasteiger partial charge is 0.161 e. The molecular weight excluding hydrogens is 374 g/mol. The molecular formula is C20H27N5S2. The Bertz CT molecular complexity index is 851. The number of piperazine rings is 1. The molecule has 0 aliphatic carbocycles. The molecule has 1 unspecified atom stereocenters. The fourth-order valence-electron chi connectivity index (χ4n) is 3.73. The Morgan fingerprint density at radius 2 is 2.11 bits per heavy atom. The molecule has 0 spiro atoms. The number of benzene rings is 1. The van der Waals surface area contributed by atoms with Crippen molar-refractivity contribution in [2.75, 3.05) is 39.3 Å². The van der Waals surface area contributed by atoms with Crippen LogP contribution in [0.4, 0.5) is 0 Å². The van der Waals surface area contributed by atoms with Crippen LogP contribution in [0.5, 0.6) is 0 Å². The second-order valence-electron chi connectivity index (χ2n) is 7.32. The number of nitrogens with zero attached hydrogens (tertiary/aromatic N) is 3. The van der Waals surface area contributed by atoms with Gasteiger partial charge in [0.05, 0.1) is 15.7 Å². The van der Waals surface area contributed by atoms with Crippen molar-refractivity contribution in [3.8, 4) is 0 Å². The van der Waals surface area contributed by atoms with Crippen molar-refractivity contribution in [1.82, 2.24) is 20.1 Å². The molecule has 0 amide bonds. The van der Waals surface area contributed by atoms with Crippen molar-refractivity contribution in [3.05, 3.63) is 39.8 Å². The molecule has 0 saturated carbocycles. The number of hydrogen-bond acceptors (Lipinski definition) is 6. The summed E-state index contributed by atoms with van der Waals surface area (Å²) < 4.78 is 1.25. The van der Waals surface area contributed by atoms with Gasteiger partial charge in [0.15, 0.2) is 5.17 Å². The maximum atomic E-state index is 8.52. The molecule has 1 aromatic carbocycles. The number of thioether (sulfide) groups is 1. The van der Waals surface area contributed by atoms with Crippen molar-refractivity contribution >= 4 is 38.5 Å². The fourth-order valence-corrected chi connectivity index (χ4v) is 5.38. The van der Waals surface area contributed by atoms with Gasteiger partial charge in [-0.1, -0.05) is 23.4 Å². The third kappa shape index (κ3) is 4.21. The summed E-state index contributed by atoms with van der Waals surface area (Å²) in [6, 6.07) is 7.04. The number of aromatic nitrogens is 1. The first kappa shape index (κ1) is 18.9. The van der Waals surface area contributed by atoms with E-state index in [1.807, 2.05) is 5.51 Å². The fraction of sp³-hybridized carbons (Fsp3) is 0.500. The molecule has 1 fully saturated rings. The van der Waals surface area contributed by atoms with Gasteiger partial charge >= 0.3 is 0 Å². The second-order valence-corrected chi connectivity index (χ2v) is 9.29. The van der Waals surface area contributed by atoms with Crippen LogP contribution in [-0.2, 0) is 0 Å². The molecule has 1 aromatic heterocycles. The zero-order valence-electron chi connectivity index (χ0n) is 16.0. The minimum atomic E-state index is 0.382. The monoisotopic (exact) mass is 401 g/mol. The van der Waals surface area contributed by atoms with Gasteiger partial charge in [-0.05, 0) is 44.5 Å². The highest BCUT2D eigenvalue weighted by Crippen LogP contribution is 2.29. The van der Waals surface area contributed by atoms with E-state index in [1.165, 1.54) is 20.7 Å². The highest BCUT2D eigenvalue weighted by molar-refractivity contribution is 8.17. The second kappa shape index (κ2) is 8.31. The van der Waals surface area contributed by atoms with Crippen LogP contribution < -0.4 is 5.32 Å². The normalized spacial score (nSPS) is 20.3. The molecule has 4 rings (SSSR count). The molecule has 2 aromatic rings. The summed E-state index contributed by atoms with van der Waals surface area (Å²) in [5, 5.41) is 12.6. The average molecular weight is 402 g/mol. The van der Waals surface area contributed by atoms with Crippen LogP contribution in [0.15, 0.2) is 34.2 Å². The standard InChI is InChI=1S/C20H27N5S2/c1-14-5-6-22-12-19(14)27-20(21)25-9-7-24(8-10-25)15(2)16-3-4-18-17(11-16)23-13-26-18/h3-4,11,13,15,21-22H,5-10,12H2,1-2H3. The highest BCUT2D eigenvalue weighted by Gasteiger charge is 2.25. The molecule has 5 nitrogen and oxygen atoms in total. The Balaban J connectivity index is 1.34. The van der Waals surface area contributed by atoms with Gasteiger partial charge in [0.25, 0.3) is 0 Å². The van der Waals surface area contributed by atoms with Crippen molar-refractivity contribution in [2.45, 2.75) is 26.3 Å². The number of amidine groups is 1. The summed E-state index contributed by atoms with van der Waals surface area (Å²) in [5.41, 5.74) is 5.79. The van der Waals surface area contributed by atoms with E-state index in [-0.39, 0.29) is 0 Å². The van der Waals surface area contributed by atoms with E-state index >= 15 is 0 Å². The lowest BCUT2D eigenvalue weighted by molar-refractivity contribution is 0.142. The lowest BCUT2D eigenvalue weighted by Gasteiger charge is -2.39. The van der Waals surface area contributed by atoms with E-state index in [0.29, 0.717) is 11.2 Å². The Morgan fingerprint density at radius 1 is 1.30 bits per heavy atom. The maximum absolute atomic E-state index is 8.52. The van der Waals surface area contributed by atoms with Gasteiger partial charge in [0.1, 0.15) is 0 Å². The summed E-state index contributed by atoms with van der Waals surface area (Å²) in [4.78, 5) is 10.5. The van der Waals surface area contributed by atoms with Crippen LogP contribution in [0.3, 0.4) is 0 Å². The third-order valence-corrected chi connectivity index (χ3v) is 7.64. The van der Waals surface area contributed by atoms with E-state index in [1.54, 1.807) is 23.1 Å². The quantitative estimate of drug-likeness (QED) is 0.603. The molecule has 3 heterocycles. The molecule has 7 heteroatoms. The van der Waals surface area contributed by atoms with Gasteiger partial charge in [-0.2, -0.15) is 0 Å². The van der Waals surface area contributed by atoms with E-state index in [2.05, 4.69) is 52.1 Å². The average Bonchev–Trinajstić information content (AvgIpc) is 3.17. The van der Waals surface area contributed by atoms with Gasteiger partial charge in [-0.15, -0.1) is 11.3 Å². The van der Waals surface area contributed by atoms with Gasteiger partial charge in [0, 0.05) is 43.7 Å². The predicted molar refractivity (Wildman–Crippen MR) is 117 cm³/mol.